The summed E-state index contributed by atoms with van der Waals surface area (Å²) >= 11 is 0. The molecule has 0 saturated carbocycles. The maximum Gasteiger partial charge on any atom is 0.414 e. The van der Waals surface area contributed by atoms with Crippen molar-refractivity contribution in [1.82, 2.24) is 0 Å². The first-order valence-electron chi connectivity index (χ1n) is 4.08. The summed E-state index contributed by atoms with van der Waals surface area (Å²) in [7, 11) is 6.36. The quantitative estimate of drug-likeness (QED) is 0.350. The monoisotopic (exact) mass is 243 g/mol. The van der Waals surface area contributed by atoms with Crippen LogP contribution in [0.5, 0.6) is 0 Å². The van der Waals surface area contributed by atoms with E-state index in [4.69, 9.17) is 24.9 Å². The third-order valence-corrected chi connectivity index (χ3v) is 1.17. The number of quaternary nitrogens is 1. The molecule has 0 aliphatic rings. The van der Waals surface area contributed by atoms with Crippen molar-refractivity contribution < 1.29 is 41.8 Å². The Kier molecular flexibility index (Phi) is 12.7. The molecule has 3 N–H and O–H groups in total. The Balaban J connectivity index is -0.000000187. The summed E-state index contributed by atoms with van der Waals surface area (Å²) in [5.41, 5.74) is 0. The molecule has 6 nitrogen and oxygen atoms in total. The number of aliphatic hydroxyl groups is 1. The van der Waals surface area contributed by atoms with Crippen LogP contribution in [0.3, 0.4) is 0 Å². The van der Waals surface area contributed by atoms with Crippen LogP contribution in [0.2, 0.25) is 0 Å². The Morgan fingerprint density at radius 2 is 1.40 bits per heavy atom. The molecule has 0 aromatic heterocycles. The smallest absolute Gasteiger partial charge is 0.414 e. The molecule has 0 spiro atoms. The van der Waals surface area contributed by atoms with E-state index in [1.807, 2.05) is 0 Å². The van der Waals surface area contributed by atoms with Gasteiger partial charge in [-0.3, -0.25) is 0 Å². The van der Waals surface area contributed by atoms with Gasteiger partial charge in [0.25, 0.3) is 0 Å². The van der Waals surface area contributed by atoms with Gasteiger partial charge in [-0.05, 0) is 0 Å². The van der Waals surface area contributed by atoms with Crippen molar-refractivity contribution in [2.24, 2.45) is 0 Å². The lowest BCUT2D eigenvalue weighted by atomic mass is 10.4. The molecule has 0 saturated heterocycles. The highest BCUT2D eigenvalue weighted by Gasteiger charge is 2.04. The van der Waals surface area contributed by atoms with E-state index in [0.29, 0.717) is 6.61 Å². The molecular weight excluding hydrogens is 226 g/mol. The number of hydrogen-bond donors (Lipinski definition) is 3. The van der Waals surface area contributed by atoms with Gasteiger partial charge in [0.2, 0.25) is 0 Å². The Hall–Kier alpha value is -0.850. The van der Waals surface area contributed by atoms with Crippen molar-refractivity contribution in [3.8, 4) is 0 Å². The number of rotatable bonds is 3. The van der Waals surface area contributed by atoms with E-state index in [-0.39, 0.29) is 12.4 Å². The lowest BCUT2D eigenvalue weighted by Gasteiger charge is -2.22. The molecular formula is C8H18ClNO5. The first-order chi connectivity index (χ1) is 6.20. The second-order valence-electron chi connectivity index (χ2n) is 3.70. The van der Waals surface area contributed by atoms with Crippen molar-refractivity contribution >= 4 is 11.9 Å². The number of nitrogens with zero attached hydrogens (tertiary/aromatic N) is 1. The predicted octanol–water partition coefficient (Wildman–Crippen LogP) is -3.77. The van der Waals surface area contributed by atoms with E-state index in [0.717, 1.165) is 17.4 Å². The molecule has 0 aromatic carbocycles. The molecule has 92 valence electrons. The van der Waals surface area contributed by atoms with Crippen LogP contribution in [-0.4, -0.2) is 66.0 Å². The fourth-order valence-corrected chi connectivity index (χ4v) is 0.545. The van der Waals surface area contributed by atoms with Gasteiger partial charge in [0, 0.05) is 13.0 Å². The second kappa shape index (κ2) is 9.70. The van der Waals surface area contributed by atoms with Gasteiger partial charge in [-0.15, -0.1) is 0 Å². The standard InChI is InChI=1S/C6H16NO.C2H2O4.ClH/c1-7(2,3)5-4-6-8;3-1(4)2(5)6;/h8H,4-6H2,1-3H3;(H,3,4)(H,5,6);1H/q+1;;/p-1. The third kappa shape index (κ3) is 24.6. The first kappa shape index (κ1) is 19.7. The summed E-state index contributed by atoms with van der Waals surface area (Å²) in [6.07, 6.45) is 0.906. The lowest BCUT2D eigenvalue weighted by molar-refractivity contribution is -0.870. The summed E-state index contributed by atoms with van der Waals surface area (Å²) < 4.78 is 0.945. The number of carbonyl (C=O) groups is 2. The molecule has 0 aliphatic carbocycles. The zero-order valence-corrected chi connectivity index (χ0v) is 9.86. The maximum atomic E-state index is 9.10. The highest BCUT2D eigenvalue weighted by molar-refractivity contribution is 6.27. The topological polar surface area (TPSA) is 94.8 Å². The average Bonchev–Trinajstić information content (AvgIpc) is 2.00. The SMILES string of the molecule is C[N+](C)(C)CCCO.O=C(O)C(=O)O.[Cl-]. The Morgan fingerprint density at radius 3 is 1.47 bits per heavy atom. The molecule has 0 radical (unpaired) electrons. The number of halogens is 1. The molecule has 0 bridgehead atoms. The number of aliphatic carboxylic acids is 2. The summed E-state index contributed by atoms with van der Waals surface area (Å²) in [4.78, 5) is 18.2. The summed E-state index contributed by atoms with van der Waals surface area (Å²) in [5, 5.41) is 23.2. The Morgan fingerprint density at radius 1 is 1.07 bits per heavy atom. The largest absolute Gasteiger partial charge is 1.00 e. The van der Waals surface area contributed by atoms with Crippen molar-refractivity contribution in [1.29, 1.82) is 0 Å². The van der Waals surface area contributed by atoms with Crippen molar-refractivity contribution in [3.05, 3.63) is 0 Å². The molecule has 0 aromatic rings. The Bertz CT molecular complexity index is 178. The van der Waals surface area contributed by atoms with Crippen LogP contribution < -0.4 is 12.4 Å². The summed E-state index contributed by atoms with van der Waals surface area (Å²) in [6, 6.07) is 0. The highest BCUT2D eigenvalue weighted by atomic mass is 35.5. The fourth-order valence-electron chi connectivity index (χ4n) is 0.545. The van der Waals surface area contributed by atoms with Crippen LogP contribution in [0.15, 0.2) is 0 Å². The van der Waals surface area contributed by atoms with Gasteiger partial charge < -0.3 is 32.2 Å². The fraction of sp³-hybridized carbons (Fsp3) is 0.750. The minimum absolute atomic E-state index is 0. The van der Waals surface area contributed by atoms with E-state index in [9.17, 15) is 0 Å². The summed E-state index contributed by atoms with van der Waals surface area (Å²) in [6.45, 7) is 1.37. The van der Waals surface area contributed by atoms with E-state index in [1.54, 1.807) is 0 Å². The van der Waals surface area contributed by atoms with Crippen molar-refractivity contribution in [3.63, 3.8) is 0 Å². The second-order valence-corrected chi connectivity index (χ2v) is 3.70. The van der Waals surface area contributed by atoms with Crippen LogP contribution in [0, 0.1) is 0 Å². The molecule has 15 heavy (non-hydrogen) atoms. The molecule has 0 aliphatic heterocycles. The van der Waals surface area contributed by atoms with Gasteiger partial charge in [0.05, 0.1) is 27.7 Å². The van der Waals surface area contributed by atoms with Gasteiger partial charge >= 0.3 is 11.9 Å². The Labute approximate surface area is 95.1 Å². The van der Waals surface area contributed by atoms with E-state index >= 15 is 0 Å². The number of hydrogen-bond acceptors (Lipinski definition) is 3. The van der Waals surface area contributed by atoms with Crippen LogP contribution in [0.1, 0.15) is 6.42 Å². The minimum Gasteiger partial charge on any atom is -1.00 e. The molecule has 0 fully saturated rings. The zero-order valence-electron chi connectivity index (χ0n) is 9.10. The molecule has 0 unspecified atom stereocenters. The zero-order chi connectivity index (χ0) is 11.8. The van der Waals surface area contributed by atoms with Gasteiger partial charge in [-0.2, -0.15) is 0 Å². The van der Waals surface area contributed by atoms with E-state index in [2.05, 4.69) is 21.1 Å². The van der Waals surface area contributed by atoms with Crippen LogP contribution in [0.25, 0.3) is 0 Å². The van der Waals surface area contributed by atoms with Gasteiger partial charge in [0.15, 0.2) is 0 Å². The number of aliphatic hydroxyl groups excluding tert-OH is 1. The first-order valence-corrected chi connectivity index (χ1v) is 4.08. The van der Waals surface area contributed by atoms with Crippen LogP contribution in [0.4, 0.5) is 0 Å². The third-order valence-electron chi connectivity index (χ3n) is 1.17. The molecule has 0 amide bonds. The summed E-state index contributed by atoms with van der Waals surface area (Å²) in [5.74, 6) is -3.65. The normalized spacial score (nSPS) is 9.33. The highest BCUT2D eigenvalue weighted by Crippen LogP contribution is 1.90. The van der Waals surface area contributed by atoms with Crippen molar-refractivity contribution in [2.45, 2.75) is 6.42 Å². The van der Waals surface area contributed by atoms with Gasteiger partial charge in [-0.1, -0.05) is 0 Å². The van der Waals surface area contributed by atoms with E-state index < -0.39 is 11.9 Å². The lowest BCUT2D eigenvalue weighted by Crippen LogP contribution is -3.00. The minimum atomic E-state index is -1.82. The van der Waals surface area contributed by atoms with Crippen molar-refractivity contribution in [2.75, 3.05) is 34.3 Å². The van der Waals surface area contributed by atoms with E-state index in [1.165, 1.54) is 0 Å². The molecule has 0 heterocycles. The number of carboxylic acids is 2. The predicted molar refractivity (Wildman–Crippen MR) is 49.9 cm³/mol. The molecule has 0 rings (SSSR count). The average molecular weight is 244 g/mol. The maximum absolute atomic E-state index is 9.10. The van der Waals surface area contributed by atoms with Crippen LogP contribution in [-0.2, 0) is 9.59 Å². The molecule has 0 atom stereocenters. The van der Waals surface area contributed by atoms with Crippen LogP contribution >= 0.6 is 0 Å². The van der Waals surface area contributed by atoms with Gasteiger partial charge in [-0.25, -0.2) is 9.59 Å². The molecule has 7 heteroatoms. The number of carboxylic acid groups (broad SMARTS) is 2. The van der Waals surface area contributed by atoms with Gasteiger partial charge in [0.1, 0.15) is 0 Å².